The predicted molar refractivity (Wildman–Crippen MR) is 106 cm³/mol. The van der Waals surface area contributed by atoms with Gasteiger partial charge in [0.2, 0.25) is 0 Å². The topological polar surface area (TPSA) is 42.2 Å². The summed E-state index contributed by atoms with van der Waals surface area (Å²) in [7, 11) is 0. The largest absolute Gasteiger partial charge is 0.363 e. The van der Waals surface area contributed by atoms with E-state index in [4.69, 9.17) is 10.1 Å². The number of nitrogens with one attached hydrogen (secondary N) is 1. The zero-order valence-electron chi connectivity index (χ0n) is 15.6. The normalized spacial score (nSPS) is 12.3. The Labute approximate surface area is 157 Å². The molecule has 0 spiro atoms. The van der Waals surface area contributed by atoms with E-state index >= 15 is 0 Å². The summed E-state index contributed by atoms with van der Waals surface area (Å²) in [5, 5.41) is 8.24. The van der Waals surface area contributed by atoms with E-state index in [1.54, 1.807) is 12.1 Å². The number of fused-ring (bicyclic) bond motifs is 1. The summed E-state index contributed by atoms with van der Waals surface area (Å²) in [6, 6.07) is 18.8. The summed E-state index contributed by atoms with van der Waals surface area (Å²) in [6.07, 6.45) is 0. The molecule has 2 heterocycles. The van der Waals surface area contributed by atoms with Crippen LogP contribution >= 0.6 is 0 Å². The zero-order chi connectivity index (χ0) is 19.0. The van der Waals surface area contributed by atoms with Crippen LogP contribution in [0.5, 0.6) is 0 Å². The minimum absolute atomic E-state index is 0.120. The molecule has 0 radical (unpaired) electrons. The molecule has 0 aliphatic rings. The number of aryl methyl sites for hydroxylation is 2. The fraction of sp³-hybridized carbons (Fsp3) is 0.182. The summed E-state index contributed by atoms with van der Waals surface area (Å²) in [5.41, 5.74) is 5.55. The van der Waals surface area contributed by atoms with Crippen molar-refractivity contribution in [1.29, 1.82) is 0 Å². The van der Waals surface area contributed by atoms with Crippen LogP contribution in [0.15, 0.2) is 60.7 Å². The molecule has 2 aromatic heterocycles. The van der Waals surface area contributed by atoms with Crippen LogP contribution in [0, 0.1) is 19.7 Å². The molecule has 0 aliphatic heterocycles. The number of hydrogen-bond acceptors (Lipinski definition) is 3. The third-order valence-electron chi connectivity index (χ3n) is 4.69. The molecule has 0 amide bonds. The predicted octanol–water partition coefficient (Wildman–Crippen LogP) is 5.33. The summed E-state index contributed by atoms with van der Waals surface area (Å²) in [4.78, 5) is 4.70. The second-order valence-corrected chi connectivity index (χ2v) is 6.76. The first-order chi connectivity index (χ1) is 13.0. The number of halogens is 1. The molecule has 0 saturated carbocycles. The maximum Gasteiger partial charge on any atom is 0.165 e. The van der Waals surface area contributed by atoms with Crippen LogP contribution in [-0.4, -0.2) is 14.6 Å². The number of rotatable bonds is 4. The molecular formula is C22H21FN4. The zero-order valence-corrected chi connectivity index (χ0v) is 15.6. The Hall–Kier alpha value is -3.21. The highest BCUT2D eigenvalue weighted by molar-refractivity contribution is 5.81. The van der Waals surface area contributed by atoms with Gasteiger partial charge in [0, 0.05) is 23.4 Å². The summed E-state index contributed by atoms with van der Waals surface area (Å²) in [5.74, 6) is 0.626. The smallest absolute Gasteiger partial charge is 0.165 e. The summed E-state index contributed by atoms with van der Waals surface area (Å²) < 4.78 is 15.2. The van der Waals surface area contributed by atoms with Crippen molar-refractivity contribution in [3.8, 4) is 11.1 Å². The lowest BCUT2D eigenvalue weighted by Crippen LogP contribution is -2.11. The number of anilines is 1. The Morgan fingerprint density at radius 1 is 1.00 bits per heavy atom. The van der Waals surface area contributed by atoms with Crippen LogP contribution in [0.25, 0.3) is 16.8 Å². The molecular weight excluding hydrogens is 339 g/mol. The fourth-order valence-electron chi connectivity index (χ4n) is 3.35. The summed E-state index contributed by atoms with van der Waals surface area (Å²) >= 11 is 0. The molecule has 136 valence electrons. The van der Waals surface area contributed by atoms with Crippen LogP contribution in [0.2, 0.25) is 0 Å². The molecule has 0 aliphatic carbocycles. The standard InChI is InChI=1S/C22H21FN4/c1-14-13-20(25-15(2)17-7-5-4-6-8-17)27-22(24-14)21(16(3)26-27)18-9-11-19(23)12-10-18/h4-13,15,25H,1-3H3/t15-/m1/s1. The Bertz CT molecular complexity index is 1080. The lowest BCUT2D eigenvalue weighted by Gasteiger charge is -2.17. The van der Waals surface area contributed by atoms with E-state index in [-0.39, 0.29) is 11.9 Å². The van der Waals surface area contributed by atoms with Crippen LogP contribution in [-0.2, 0) is 0 Å². The van der Waals surface area contributed by atoms with Gasteiger partial charge >= 0.3 is 0 Å². The van der Waals surface area contributed by atoms with Crippen molar-refractivity contribution in [3.63, 3.8) is 0 Å². The molecule has 1 N–H and O–H groups in total. The first kappa shape index (κ1) is 17.2. The lowest BCUT2D eigenvalue weighted by atomic mass is 10.1. The first-order valence-electron chi connectivity index (χ1n) is 8.97. The molecule has 2 aromatic carbocycles. The van der Waals surface area contributed by atoms with Gasteiger partial charge in [-0.1, -0.05) is 42.5 Å². The van der Waals surface area contributed by atoms with Gasteiger partial charge in [-0.2, -0.15) is 9.61 Å². The Morgan fingerprint density at radius 2 is 1.70 bits per heavy atom. The number of aromatic nitrogens is 3. The van der Waals surface area contributed by atoms with Crippen LogP contribution in [0.4, 0.5) is 10.2 Å². The number of nitrogens with zero attached hydrogens (tertiary/aromatic N) is 3. The van der Waals surface area contributed by atoms with E-state index in [2.05, 4.69) is 24.4 Å². The van der Waals surface area contributed by atoms with Crippen molar-refractivity contribution in [3.05, 3.63) is 83.4 Å². The highest BCUT2D eigenvalue weighted by atomic mass is 19.1. The van der Waals surface area contributed by atoms with E-state index in [0.717, 1.165) is 34.0 Å². The molecule has 27 heavy (non-hydrogen) atoms. The molecule has 0 unspecified atom stereocenters. The van der Waals surface area contributed by atoms with Crippen molar-refractivity contribution in [2.24, 2.45) is 0 Å². The molecule has 4 aromatic rings. The second-order valence-electron chi connectivity index (χ2n) is 6.76. The Morgan fingerprint density at radius 3 is 2.41 bits per heavy atom. The SMILES string of the molecule is Cc1cc(N[C@H](C)c2ccccc2)n2nc(C)c(-c3ccc(F)cc3)c2n1. The molecule has 5 heteroatoms. The third-order valence-corrected chi connectivity index (χ3v) is 4.69. The maximum absolute atomic E-state index is 13.3. The van der Waals surface area contributed by atoms with E-state index in [0.29, 0.717) is 0 Å². The van der Waals surface area contributed by atoms with Gasteiger partial charge in [-0.15, -0.1) is 0 Å². The van der Waals surface area contributed by atoms with Gasteiger partial charge in [0.15, 0.2) is 5.65 Å². The minimum Gasteiger partial charge on any atom is -0.363 e. The van der Waals surface area contributed by atoms with E-state index in [1.165, 1.54) is 17.7 Å². The van der Waals surface area contributed by atoms with E-state index in [1.807, 2.05) is 42.6 Å². The Kier molecular flexibility index (Phi) is 4.36. The average molecular weight is 360 g/mol. The molecule has 4 rings (SSSR count). The maximum atomic E-state index is 13.3. The molecule has 4 nitrogen and oxygen atoms in total. The van der Waals surface area contributed by atoms with Crippen LogP contribution in [0.3, 0.4) is 0 Å². The van der Waals surface area contributed by atoms with Gasteiger partial charge in [-0.05, 0) is 44.0 Å². The van der Waals surface area contributed by atoms with Crippen molar-refractivity contribution in [2.45, 2.75) is 26.8 Å². The van der Waals surface area contributed by atoms with Gasteiger partial charge in [0.05, 0.1) is 5.69 Å². The fourth-order valence-corrected chi connectivity index (χ4v) is 3.35. The van der Waals surface area contributed by atoms with Gasteiger partial charge < -0.3 is 5.32 Å². The second kappa shape index (κ2) is 6.83. The van der Waals surface area contributed by atoms with Crippen molar-refractivity contribution >= 4 is 11.5 Å². The highest BCUT2D eigenvalue weighted by Gasteiger charge is 2.17. The monoisotopic (exact) mass is 360 g/mol. The van der Waals surface area contributed by atoms with Gasteiger partial charge in [0.25, 0.3) is 0 Å². The average Bonchev–Trinajstić information content (AvgIpc) is 2.99. The van der Waals surface area contributed by atoms with Gasteiger partial charge in [-0.3, -0.25) is 0 Å². The molecule has 0 saturated heterocycles. The number of benzene rings is 2. The van der Waals surface area contributed by atoms with Crippen molar-refractivity contribution < 1.29 is 4.39 Å². The van der Waals surface area contributed by atoms with Crippen LogP contribution in [0.1, 0.15) is 29.9 Å². The van der Waals surface area contributed by atoms with E-state index < -0.39 is 0 Å². The molecule has 0 bridgehead atoms. The Balaban J connectivity index is 1.81. The van der Waals surface area contributed by atoms with Crippen LogP contribution < -0.4 is 5.32 Å². The molecule has 0 fully saturated rings. The molecule has 1 atom stereocenters. The minimum atomic E-state index is -0.254. The highest BCUT2D eigenvalue weighted by Crippen LogP contribution is 2.30. The van der Waals surface area contributed by atoms with Gasteiger partial charge in [0.1, 0.15) is 11.6 Å². The number of hydrogen-bond donors (Lipinski definition) is 1. The van der Waals surface area contributed by atoms with Crippen molar-refractivity contribution in [2.75, 3.05) is 5.32 Å². The first-order valence-corrected chi connectivity index (χ1v) is 8.97. The summed E-state index contributed by atoms with van der Waals surface area (Å²) in [6.45, 7) is 6.04. The van der Waals surface area contributed by atoms with Gasteiger partial charge in [-0.25, -0.2) is 9.37 Å². The third kappa shape index (κ3) is 3.28. The van der Waals surface area contributed by atoms with Crippen molar-refractivity contribution in [1.82, 2.24) is 14.6 Å². The quantitative estimate of drug-likeness (QED) is 0.535. The lowest BCUT2D eigenvalue weighted by molar-refractivity contribution is 0.628. The van der Waals surface area contributed by atoms with E-state index in [9.17, 15) is 4.39 Å².